The molecule has 1 saturated heterocycles. The van der Waals surface area contributed by atoms with E-state index in [1.807, 2.05) is 0 Å². The van der Waals surface area contributed by atoms with E-state index >= 15 is 0 Å². The first kappa shape index (κ1) is 13.0. The van der Waals surface area contributed by atoms with Crippen molar-refractivity contribution in [1.29, 1.82) is 0 Å². The summed E-state index contributed by atoms with van der Waals surface area (Å²) in [5, 5.41) is 1.13. The normalized spacial score (nSPS) is 15.3. The van der Waals surface area contributed by atoms with Crippen molar-refractivity contribution in [3.63, 3.8) is 0 Å². The molecule has 3 heterocycles. The second-order valence-corrected chi connectivity index (χ2v) is 5.39. The van der Waals surface area contributed by atoms with Crippen LogP contribution in [0.2, 0.25) is 0 Å². The van der Waals surface area contributed by atoms with Gasteiger partial charge in [-0.1, -0.05) is 0 Å². The SMILES string of the molecule is Nc1nc(Sc2ncccn2)nc(N2CCCCC2)n1. The van der Waals surface area contributed by atoms with E-state index in [4.69, 9.17) is 5.73 Å². The summed E-state index contributed by atoms with van der Waals surface area (Å²) in [5.74, 6) is 0.884. The van der Waals surface area contributed by atoms with Crippen LogP contribution in [0.15, 0.2) is 28.8 Å². The maximum atomic E-state index is 5.78. The molecule has 0 spiro atoms. The van der Waals surface area contributed by atoms with Gasteiger partial charge in [0.25, 0.3) is 0 Å². The van der Waals surface area contributed by atoms with Crippen molar-refractivity contribution in [3.05, 3.63) is 18.5 Å². The average molecular weight is 289 g/mol. The zero-order valence-corrected chi connectivity index (χ0v) is 11.8. The lowest BCUT2D eigenvalue weighted by molar-refractivity contribution is 0.565. The number of anilines is 2. The van der Waals surface area contributed by atoms with E-state index in [-0.39, 0.29) is 5.95 Å². The van der Waals surface area contributed by atoms with Crippen LogP contribution in [-0.4, -0.2) is 38.0 Å². The molecule has 0 amide bonds. The molecule has 0 unspecified atom stereocenters. The third-order valence-electron chi connectivity index (χ3n) is 2.98. The maximum absolute atomic E-state index is 5.78. The number of nitrogen functional groups attached to an aromatic ring is 1. The Morgan fingerprint density at radius 1 is 0.950 bits per heavy atom. The summed E-state index contributed by atoms with van der Waals surface area (Å²) in [6.45, 7) is 1.94. The summed E-state index contributed by atoms with van der Waals surface area (Å²) in [4.78, 5) is 23.3. The van der Waals surface area contributed by atoms with Gasteiger partial charge >= 0.3 is 0 Å². The van der Waals surface area contributed by atoms with Gasteiger partial charge in [-0.15, -0.1) is 0 Å². The fourth-order valence-corrected chi connectivity index (χ4v) is 2.72. The van der Waals surface area contributed by atoms with Gasteiger partial charge in [0, 0.05) is 25.5 Å². The quantitative estimate of drug-likeness (QED) is 0.847. The van der Waals surface area contributed by atoms with Crippen molar-refractivity contribution < 1.29 is 0 Å². The lowest BCUT2D eigenvalue weighted by Gasteiger charge is -2.26. The summed E-state index contributed by atoms with van der Waals surface area (Å²) < 4.78 is 0. The van der Waals surface area contributed by atoms with Crippen LogP contribution in [0.25, 0.3) is 0 Å². The number of nitrogens with zero attached hydrogens (tertiary/aromatic N) is 6. The number of hydrogen-bond acceptors (Lipinski definition) is 8. The Hall–Kier alpha value is -1.96. The van der Waals surface area contributed by atoms with E-state index in [9.17, 15) is 0 Å². The fraction of sp³-hybridized carbons (Fsp3) is 0.417. The monoisotopic (exact) mass is 289 g/mol. The highest BCUT2D eigenvalue weighted by Crippen LogP contribution is 2.23. The first-order valence-electron chi connectivity index (χ1n) is 6.52. The Morgan fingerprint density at radius 3 is 2.45 bits per heavy atom. The Bertz CT molecular complexity index is 571. The van der Waals surface area contributed by atoms with Gasteiger partial charge in [0.05, 0.1) is 0 Å². The van der Waals surface area contributed by atoms with Crippen LogP contribution in [0.3, 0.4) is 0 Å². The molecule has 0 bridgehead atoms. The highest BCUT2D eigenvalue weighted by atomic mass is 32.2. The molecular formula is C12H15N7S. The summed E-state index contributed by atoms with van der Waals surface area (Å²) in [5.41, 5.74) is 5.78. The van der Waals surface area contributed by atoms with Gasteiger partial charge in [0.2, 0.25) is 17.1 Å². The second-order valence-electron chi connectivity index (χ2n) is 4.46. The minimum absolute atomic E-state index is 0.235. The minimum Gasteiger partial charge on any atom is -0.368 e. The number of nitrogens with two attached hydrogens (primary N) is 1. The smallest absolute Gasteiger partial charge is 0.231 e. The van der Waals surface area contributed by atoms with Gasteiger partial charge in [-0.2, -0.15) is 15.0 Å². The second kappa shape index (κ2) is 6.00. The molecule has 2 N–H and O–H groups in total. The van der Waals surface area contributed by atoms with E-state index in [0.717, 1.165) is 25.9 Å². The van der Waals surface area contributed by atoms with E-state index in [0.29, 0.717) is 16.3 Å². The Labute approximate surface area is 121 Å². The molecule has 7 nitrogen and oxygen atoms in total. The molecule has 3 rings (SSSR count). The third kappa shape index (κ3) is 3.13. The topological polar surface area (TPSA) is 93.7 Å². The van der Waals surface area contributed by atoms with Crippen LogP contribution in [-0.2, 0) is 0 Å². The molecule has 1 aliphatic heterocycles. The Kier molecular flexibility index (Phi) is 3.91. The highest BCUT2D eigenvalue weighted by molar-refractivity contribution is 7.99. The first-order valence-corrected chi connectivity index (χ1v) is 7.34. The predicted molar refractivity (Wildman–Crippen MR) is 76.5 cm³/mol. The van der Waals surface area contributed by atoms with Crippen LogP contribution in [0.1, 0.15) is 19.3 Å². The van der Waals surface area contributed by atoms with Crippen LogP contribution in [0, 0.1) is 0 Å². The molecule has 104 valence electrons. The molecule has 20 heavy (non-hydrogen) atoms. The molecule has 0 aromatic carbocycles. The third-order valence-corrected chi connectivity index (χ3v) is 3.74. The molecule has 0 radical (unpaired) electrons. The first-order chi connectivity index (χ1) is 9.81. The number of hydrogen-bond donors (Lipinski definition) is 1. The van der Waals surface area contributed by atoms with Crippen LogP contribution >= 0.6 is 11.8 Å². The Morgan fingerprint density at radius 2 is 1.70 bits per heavy atom. The Balaban J connectivity index is 1.82. The molecule has 8 heteroatoms. The van der Waals surface area contributed by atoms with Gasteiger partial charge in [0.1, 0.15) is 0 Å². The van der Waals surface area contributed by atoms with Gasteiger partial charge < -0.3 is 10.6 Å². The predicted octanol–water partition coefficient (Wildman–Crippen LogP) is 1.39. The summed E-state index contributed by atoms with van der Waals surface area (Å²) >= 11 is 1.29. The van der Waals surface area contributed by atoms with E-state index in [1.165, 1.54) is 18.2 Å². The zero-order valence-electron chi connectivity index (χ0n) is 10.9. The van der Waals surface area contributed by atoms with Crippen LogP contribution < -0.4 is 10.6 Å². The molecule has 0 atom stereocenters. The maximum Gasteiger partial charge on any atom is 0.231 e. The molecule has 2 aromatic heterocycles. The fourth-order valence-electron chi connectivity index (χ4n) is 2.06. The van der Waals surface area contributed by atoms with Gasteiger partial charge in [0.15, 0.2) is 5.16 Å². The molecular weight excluding hydrogens is 274 g/mol. The lowest BCUT2D eigenvalue weighted by Crippen LogP contribution is -2.31. The van der Waals surface area contributed by atoms with Crippen molar-refractivity contribution in [1.82, 2.24) is 24.9 Å². The molecule has 1 fully saturated rings. The average Bonchev–Trinajstić information content (AvgIpc) is 2.49. The van der Waals surface area contributed by atoms with Crippen molar-refractivity contribution in [2.75, 3.05) is 23.7 Å². The standard InChI is InChI=1S/C12H15N7S/c13-9-16-10(19-7-2-1-3-8-19)18-12(17-9)20-11-14-5-4-6-15-11/h4-6H,1-3,7-8H2,(H2,13,16,17,18). The number of piperidine rings is 1. The lowest BCUT2D eigenvalue weighted by atomic mass is 10.1. The molecule has 1 aliphatic rings. The van der Waals surface area contributed by atoms with Crippen LogP contribution in [0.4, 0.5) is 11.9 Å². The van der Waals surface area contributed by atoms with Crippen molar-refractivity contribution in [2.45, 2.75) is 29.6 Å². The summed E-state index contributed by atoms with van der Waals surface area (Å²) in [6, 6.07) is 1.77. The summed E-state index contributed by atoms with van der Waals surface area (Å²) in [6.07, 6.45) is 6.96. The summed E-state index contributed by atoms with van der Waals surface area (Å²) in [7, 11) is 0. The van der Waals surface area contributed by atoms with Crippen LogP contribution in [0.5, 0.6) is 0 Å². The van der Waals surface area contributed by atoms with E-state index in [1.54, 1.807) is 18.5 Å². The molecule has 2 aromatic rings. The zero-order chi connectivity index (χ0) is 13.8. The van der Waals surface area contributed by atoms with Gasteiger partial charge in [-0.3, -0.25) is 0 Å². The number of aromatic nitrogens is 5. The molecule has 0 aliphatic carbocycles. The number of rotatable bonds is 3. The van der Waals surface area contributed by atoms with Crippen molar-refractivity contribution >= 4 is 23.7 Å². The van der Waals surface area contributed by atoms with Gasteiger partial charge in [-0.25, -0.2) is 9.97 Å². The largest absolute Gasteiger partial charge is 0.368 e. The minimum atomic E-state index is 0.235. The highest BCUT2D eigenvalue weighted by Gasteiger charge is 2.16. The van der Waals surface area contributed by atoms with Crippen molar-refractivity contribution in [2.24, 2.45) is 0 Å². The molecule has 0 saturated carbocycles. The van der Waals surface area contributed by atoms with E-state index in [2.05, 4.69) is 29.8 Å². The van der Waals surface area contributed by atoms with Crippen molar-refractivity contribution in [3.8, 4) is 0 Å². The van der Waals surface area contributed by atoms with Gasteiger partial charge in [-0.05, 0) is 37.1 Å². The van der Waals surface area contributed by atoms with E-state index < -0.39 is 0 Å².